The zero-order chi connectivity index (χ0) is 21.8. The van der Waals surface area contributed by atoms with E-state index in [0.717, 1.165) is 75.7 Å². The molecule has 7 nitrogen and oxygen atoms in total. The monoisotopic (exact) mass is 426 g/mol. The minimum atomic E-state index is -0.0213. The molecule has 168 valence electrons. The maximum Gasteiger partial charge on any atom is 0.255 e. The lowest BCUT2D eigenvalue weighted by Gasteiger charge is -2.36. The number of fused-ring (bicyclic) bond motifs is 1. The molecular formula is C24H34N4O3. The molecule has 1 aromatic carbocycles. The molecule has 2 aliphatic rings. The van der Waals surface area contributed by atoms with Crippen LogP contribution in [-0.2, 0) is 11.8 Å². The number of nitrogens with zero attached hydrogens (tertiary/aromatic N) is 4. The van der Waals surface area contributed by atoms with E-state index in [2.05, 4.69) is 21.9 Å². The van der Waals surface area contributed by atoms with E-state index >= 15 is 0 Å². The van der Waals surface area contributed by atoms with Crippen molar-refractivity contribution < 1.29 is 14.3 Å². The number of anilines is 1. The minimum absolute atomic E-state index is 0.0213. The Balaban J connectivity index is 1.28. The molecule has 1 amide bonds. The van der Waals surface area contributed by atoms with Crippen LogP contribution in [-0.4, -0.2) is 80.3 Å². The summed E-state index contributed by atoms with van der Waals surface area (Å²) in [7, 11) is 5.44. The van der Waals surface area contributed by atoms with E-state index < -0.39 is 0 Å². The van der Waals surface area contributed by atoms with Gasteiger partial charge in [0.25, 0.3) is 5.91 Å². The second-order valence-electron chi connectivity index (χ2n) is 8.38. The molecular weight excluding hydrogens is 392 g/mol. The smallest absolute Gasteiger partial charge is 0.255 e. The van der Waals surface area contributed by atoms with Crippen molar-refractivity contribution in [1.29, 1.82) is 0 Å². The van der Waals surface area contributed by atoms with Gasteiger partial charge in [0.05, 0.1) is 30.2 Å². The van der Waals surface area contributed by atoms with E-state index in [0.29, 0.717) is 0 Å². The third kappa shape index (κ3) is 4.57. The van der Waals surface area contributed by atoms with E-state index in [1.807, 2.05) is 40.9 Å². The van der Waals surface area contributed by atoms with Gasteiger partial charge in [0.2, 0.25) is 0 Å². The number of carbonyl (C=O) groups is 1. The standard InChI is InChI=1S/C24H34N4O3/c1-25-13-9-19-23(25)22(31-3)10-14-28(24(19)29)12-6-11-26-15-17-27(18-16-26)20-7-4-5-8-21(20)30-2/h4-5,7-9,13,22H,6,10-12,14-18H2,1-3H3. The number of hydrogen-bond acceptors (Lipinski definition) is 5. The highest BCUT2D eigenvalue weighted by atomic mass is 16.5. The third-order valence-electron chi connectivity index (χ3n) is 6.59. The molecule has 0 spiro atoms. The number of methoxy groups -OCH3 is 2. The van der Waals surface area contributed by atoms with Crippen molar-refractivity contribution in [2.24, 2.45) is 7.05 Å². The van der Waals surface area contributed by atoms with Crippen molar-refractivity contribution in [2.45, 2.75) is 18.9 Å². The van der Waals surface area contributed by atoms with Crippen LogP contribution in [0.15, 0.2) is 36.5 Å². The molecule has 0 saturated carbocycles. The fourth-order valence-electron chi connectivity index (χ4n) is 4.84. The summed E-state index contributed by atoms with van der Waals surface area (Å²) in [6.07, 6.45) is 3.76. The van der Waals surface area contributed by atoms with Crippen LogP contribution >= 0.6 is 0 Å². The van der Waals surface area contributed by atoms with Crippen molar-refractivity contribution >= 4 is 11.6 Å². The van der Waals surface area contributed by atoms with E-state index in [4.69, 9.17) is 9.47 Å². The van der Waals surface area contributed by atoms with Crippen molar-refractivity contribution in [2.75, 3.05) is 64.9 Å². The summed E-state index contributed by atoms with van der Waals surface area (Å²) in [4.78, 5) is 20.0. The Hall–Kier alpha value is -2.51. The maximum absolute atomic E-state index is 13.1. The zero-order valence-electron chi connectivity index (χ0n) is 18.9. The number of ether oxygens (including phenoxy) is 2. The predicted molar refractivity (Wildman–Crippen MR) is 122 cm³/mol. The van der Waals surface area contributed by atoms with E-state index in [1.54, 1.807) is 14.2 Å². The first-order chi connectivity index (χ1) is 15.1. The molecule has 1 aromatic heterocycles. The number of amides is 1. The van der Waals surface area contributed by atoms with E-state index in [9.17, 15) is 4.79 Å². The number of aryl methyl sites for hydroxylation is 1. The average molecular weight is 427 g/mol. The Bertz CT molecular complexity index is 889. The van der Waals surface area contributed by atoms with Crippen LogP contribution in [0.2, 0.25) is 0 Å². The largest absolute Gasteiger partial charge is 0.495 e. The topological polar surface area (TPSA) is 50.2 Å². The van der Waals surface area contributed by atoms with E-state index in [1.165, 1.54) is 5.69 Å². The van der Waals surface area contributed by atoms with Gasteiger partial charge in [-0.1, -0.05) is 12.1 Å². The molecule has 7 heteroatoms. The van der Waals surface area contributed by atoms with Gasteiger partial charge in [0.1, 0.15) is 5.75 Å². The summed E-state index contributed by atoms with van der Waals surface area (Å²) >= 11 is 0. The summed E-state index contributed by atoms with van der Waals surface area (Å²) < 4.78 is 13.2. The Morgan fingerprint density at radius 2 is 1.77 bits per heavy atom. The number of aromatic nitrogens is 1. The molecule has 1 unspecified atom stereocenters. The van der Waals surface area contributed by atoms with Crippen LogP contribution in [0.1, 0.15) is 35.0 Å². The minimum Gasteiger partial charge on any atom is -0.495 e. The van der Waals surface area contributed by atoms with Crippen molar-refractivity contribution in [3.8, 4) is 5.75 Å². The Morgan fingerprint density at radius 3 is 2.52 bits per heavy atom. The normalized spacial score (nSPS) is 20.0. The number of hydrogen-bond donors (Lipinski definition) is 0. The van der Waals surface area contributed by atoms with Crippen molar-refractivity contribution in [1.82, 2.24) is 14.4 Å². The molecule has 1 saturated heterocycles. The van der Waals surface area contributed by atoms with E-state index in [-0.39, 0.29) is 12.0 Å². The predicted octanol–water partition coefficient (Wildman–Crippen LogP) is 2.78. The Kier molecular flexibility index (Phi) is 6.83. The van der Waals surface area contributed by atoms with Gasteiger partial charge in [-0.3, -0.25) is 9.69 Å². The number of para-hydroxylation sites is 2. The first-order valence-corrected chi connectivity index (χ1v) is 11.2. The van der Waals surface area contributed by atoms with Gasteiger partial charge >= 0.3 is 0 Å². The van der Waals surface area contributed by atoms with Crippen LogP contribution in [0.4, 0.5) is 5.69 Å². The lowest BCUT2D eigenvalue weighted by molar-refractivity contribution is 0.0689. The number of rotatable bonds is 7. The molecule has 2 aromatic rings. The summed E-state index contributed by atoms with van der Waals surface area (Å²) in [6.45, 7) is 6.59. The average Bonchev–Trinajstić information content (AvgIpc) is 3.13. The highest BCUT2D eigenvalue weighted by Gasteiger charge is 2.30. The molecule has 3 heterocycles. The molecule has 0 N–H and O–H groups in total. The highest BCUT2D eigenvalue weighted by molar-refractivity contribution is 5.96. The molecule has 0 aliphatic carbocycles. The van der Waals surface area contributed by atoms with Crippen LogP contribution < -0.4 is 9.64 Å². The lowest BCUT2D eigenvalue weighted by atomic mass is 10.1. The second kappa shape index (κ2) is 9.75. The summed E-state index contributed by atoms with van der Waals surface area (Å²) in [5, 5.41) is 0. The van der Waals surface area contributed by atoms with Crippen LogP contribution in [0.5, 0.6) is 5.75 Å². The van der Waals surface area contributed by atoms with Gasteiger partial charge in [-0.2, -0.15) is 0 Å². The zero-order valence-corrected chi connectivity index (χ0v) is 18.9. The molecule has 0 bridgehead atoms. The first kappa shape index (κ1) is 21.7. The van der Waals surface area contributed by atoms with Gasteiger partial charge in [-0.25, -0.2) is 0 Å². The number of carbonyl (C=O) groups excluding carboxylic acids is 1. The SMILES string of the molecule is COc1ccccc1N1CCN(CCCN2CCC(OC)c3c(ccn3C)C2=O)CC1. The number of benzene rings is 1. The third-order valence-corrected chi connectivity index (χ3v) is 6.59. The summed E-state index contributed by atoms with van der Waals surface area (Å²) in [6, 6.07) is 10.2. The van der Waals surface area contributed by atoms with Gasteiger partial charge < -0.3 is 23.8 Å². The summed E-state index contributed by atoms with van der Waals surface area (Å²) in [5.41, 5.74) is 2.96. The molecule has 31 heavy (non-hydrogen) atoms. The van der Waals surface area contributed by atoms with Gasteiger partial charge in [0.15, 0.2) is 0 Å². The molecule has 4 rings (SSSR count). The van der Waals surface area contributed by atoms with Gasteiger partial charge in [-0.05, 0) is 37.6 Å². The lowest BCUT2D eigenvalue weighted by Crippen LogP contribution is -2.47. The molecule has 0 radical (unpaired) electrons. The quantitative estimate of drug-likeness (QED) is 0.682. The molecule has 1 atom stereocenters. The fourth-order valence-corrected chi connectivity index (χ4v) is 4.84. The van der Waals surface area contributed by atoms with Crippen LogP contribution in [0, 0.1) is 0 Å². The summed E-state index contributed by atoms with van der Waals surface area (Å²) in [5.74, 6) is 1.07. The second-order valence-corrected chi connectivity index (χ2v) is 8.38. The first-order valence-electron chi connectivity index (χ1n) is 11.2. The van der Waals surface area contributed by atoms with Crippen LogP contribution in [0.25, 0.3) is 0 Å². The molecule has 2 aliphatic heterocycles. The number of piperazine rings is 1. The Morgan fingerprint density at radius 1 is 1.00 bits per heavy atom. The highest BCUT2D eigenvalue weighted by Crippen LogP contribution is 2.30. The van der Waals surface area contributed by atoms with Gasteiger partial charge in [0, 0.05) is 59.6 Å². The van der Waals surface area contributed by atoms with Crippen molar-refractivity contribution in [3.63, 3.8) is 0 Å². The van der Waals surface area contributed by atoms with Crippen molar-refractivity contribution in [3.05, 3.63) is 47.8 Å². The Labute approximate surface area is 185 Å². The molecule has 1 fully saturated rings. The van der Waals surface area contributed by atoms with Gasteiger partial charge in [-0.15, -0.1) is 0 Å². The fraction of sp³-hybridized carbons (Fsp3) is 0.542. The van der Waals surface area contributed by atoms with Crippen LogP contribution in [0.3, 0.4) is 0 Å². The maximum atomic E-state index is 13.1.